The second-order valence-corrected chi connectivity index (χ2v) is 10.5. The van der Waals surface area contributed by atoms with Gasteiger partial charge in [0.05, 0.1) is 5.39 Å². The minimum absolute atomic E-state index is 0.0545. The molecule has 0 bridgehead atoms. The summed E-state index contributed by atoms with van der Waals surface area (Å²) in [6, 6.07) is 14.4. The number of likely N-dealkylation sites (tertiary alicyclic amines) is 1. The smallest absolute Gasteiger partial charge is 0.383 e. The molecule has 4 aromatic rings. The van der Waals surface area contributed by atoms with Gasteiger partial charge in [-0.15, -0.1) is 0 Å². The van der Waals surface area contributed by atoms with Gasteiger partial charge in [-0.1, -0.05) is 36.9 Å². The van der Waals surface area contributed by atoms with Gasteiger partial charge in [-0.3, -0.25) is 9.59 Å². The number of hydrogen-bond donors (Lipinski definition) is 2. The van der Waals surface area contributed by atoms with Gasteiger partial charge >= 0.3 is 6.18 Å². The third kappa shape index (κ3) is 4.71. The molecule has 3 heterocycles. The zero-order chi connectivity index (χ0) is 28.9. The summed E-state index contributed by atoms with van der Waals surface area (Å²) < 4.78 is 46.1. The quantitative estimate of drug-likeness (QED) is 0.312. The zero-order valence-electron chi connectivity index (χ0n) is 21.9. The molecule has 6 rings (SSSR count). The van der Waals surface area contributed by atoms with E-state index in [-0.39, 0.29) is 51.6 Å². The first-order valence-corrected chi connectivity index (χ1v) is 13.3. The molecule has 2 aromatic carbocycles. The number of carbonyl (C=O) groups is 2. The van der Waals surface area contributed by atoms with E-state index in [1.54, 1.807) is 29.2 Å². The van der Waals surface area contributed by atoms with E-state index in [1.165, 1.54) is 41.2 Å². The molecule has 1 saturated heterocycles. The summed E-state index contributed by atoms with van der Waals surface area (Å²) in [6.07, 6.45) is -1.34. The average molecular weight is 561 g/mol. The standard InChI is InChI=1S/C30H27F3N6O2/c1-2-23(40)38-14-19-12-22(13-20(19)15-38)39-26(30(31,32)33)24(25-27(34)35-16-36-28(25)39)17-8-10-18(11-9-17)29(41)37-21-6-4-3-5-7-21/h2-11,16,19-20,22H,1,12-15H2,(H,37,41)(H2,34,35,36). The number of nitrogens with two attached hydrogens (primary N) is 1. The van der Waals surface area contributed by atoms with E-state index in [9.17, 15) is 22.8 Å². The van der Waals surface area contributed by atoms with Crippen molar-refractivity contribution in [3.8, 4) is 11.1 Å². The van der Waals surface area contributed by atoms with Crippen LogP contribution >= 0.6 is 0 Å². The third-order valence-electron chi connectivity index (χ3n) is 8.13. The van der Waals surface area contributed by atoms with Gasteiger partial charge in [0.25, 0.3) is 5.91 Å². The molecule has 2 atom stereocenters. The maximum absolute atomic E-state index is 14.9. The monoisotopic (exact) mass is 560 g/mol. The molecule has 1 saturated carbocycles. The summed E-state index contributed by atoms with van der Waals surface area (Å²) in [4.78, 5) is 34.9. The molecule has 41 heavy (non-hydrogen) atoms. The molecule has 1 aliphatic carbocycles. The highest BCUT2D eigenvalue weighted by atomic mass is 19.4. The van der Waals surface area contributed by atoms with Crippen molar-refractivity contribution in [1.29, 1.82) is 0 Å². The van der Waals surface area contributed by atoms with Gasteiger partial charge in [-0.25, -0.2) is 9.97 Å². The van der Waals surface area contributed by atoms with Gasteiger partial charge in [0, 0.05) is 35.9 Å². The van der Waals surface area contributed by atoms with E-state index in [0.717, 1.165) is 0 Å². The van der Waals surface area contributed by atoms with Gasteiger partial charge in [0.2, 0.25) is 5.91 Å². The number of rotatable bonds is 5. The van der Waals surface area contributed by atoms with E-state index in [2.05, 4.69) is 21.9 Å². The number of nitrogens with one attached hydrogen (secondary N) is 1. The molecular formula is C30H27F3N6O2. The van der Waals surface area contributed by atoms with Gasteiger partial charge in [0.1, 0.15) is 23.5 Å². The molecule has 2 fully saturated rings. The van der Waals surface area contributed by atoms with E-state index < -0.39 is 17.9 Å². The fourth-order valence-electron chi connectivity index (χ4n) is 6.37. The Morgan fingerprint density at radius 2 is 1.66 bits per heavy atom. The highest BCUT2D eigenvalue weighted by Gasteiger charge is 2.47. The molecule has 11 heteroatoms. The molecule has 2 unspecified atom stereocenters. The van der Waals surface area contributed by atoms with E-state index in [1.807, 2.05) is 6.07 Å². The van der Waals surface area contributed by atoms with E-state index >= 15 is 0 Å². The Morgan fingerprint density at radius 1 is 1.00 bits per heavy atom. The Balaban J connectivity index is 1.40. The molecular weight excluding hydrogens is 533 g/mol. The maximum atomic E-state index is 14.9. The number of fused-ring (bicyclic) bond motifs is 2. The van der Waals surface area contributed by atoms with Crippen LogP contribution in [0.4, 0.5) is 24.7 Å². The Morgan fingerprint density at radius 3 is 2.27 bits per heavy atom. The third-order valence-corrected chi connectivity index (χ3v) is 8.13. The molecule has 1 aliphatic heterocycles. The fourth-order valence-corrected chi connectivity index (χ4v) is 6.37. The number of benzene rings is 2. The van der Waals surface area contributed by atoms with Crippen LogP contribution in [0.1, 0.15) is 34.9 Å². The Labute approximate surface area is 233 Å². The van der Waals surface area contributed by atoms with Gasteiger partial charge in [-0.2, -0.15) is 13.2 Å². The average Bonchev–Trinajstić information content (AvgIpc) is 3.63. The lowest BCUT2D eigenvalue weighted by molar-refractivity contribution is -0.143. The molecule has 2 amide bonds. The molecule has 0 radical (unpaired) electrons. The van der Waals surface area contributed by atoms with Crippen LogP contribution < -0.4 is 11.1 Å². The molecule has 0 spiro atoms. The minimum atomic E-state index is -4.73. The van der Waals surface area contributed by atoms with Crippen LogP contribution in [0.2, 0.25) is 0 Å². The molecule has 3 N–H and O–H groups in total. The number of nitrogen functional groups attached to an aromatic ring is 1. The summed E-state index contributed by atoms with van der Waals surface area (Å²) in [6.45, 7) is 4.52. The zero-order valence-corrected chi connectivity index (χ0v) is 21.9. The lowest BCUT2D eigenvalue weighted by Gasteiger charge is -2.22. The predicted octanol–water partition coefficient (Wildman–Crippen LogP) is 5.55. The number of anilines is 2. The van der Waals surface area contributed by atoms with Crippen LogP contribution in [0.15, 0.2) is 73.6 Å². The van der Waals surface area contributed by atoms with Crippen LogP contribution in [0.25, 0.3) is 22.2 Å². The number of halogens is 3. The summed E-state index contributed by atoms with van der Waals surface area (Å²) in [5.74, 6) is -0.450. The number of para-hydroxylation sites is 1. The number of hydrogen-bond acceptors (Lipinski definition) is 5. The number of amides is 2. The van der Waals surface area contributed by atoms with Crippen LogP contribution in [0.3, 0.4) is 0 Å². The van der Waals surface area contributed by atoms with Crippen molar-refractivity contribution < 1.29 is 22.8 Å². The minimum Gasteiger partial charge on any atom is -0.383 e. The Bertz CT molecular complexity index is 1640. The van der Waals surface area contributed by atoms with Crippen LogP contribution in [-0.4, -0.2) is 44.3 Å². The summed E-state index contributed by atoms with van der Waals surface area (Å²) in [5, 5.41) is 2.90. The van der Waals surface area contributed by atoms with Crippen molar-refractivity contribution in [2.45, 2.75) is 25.1 Å². The fraction of sp³-hybridized carbons (Fsp3) is 0.267. The molecule has 2 aromatic heterocycles. The normalized spacial score (nSPS) is 20.3. The molecule has 210 valence electrons. The SMILES string of the molecule is C=CC(=O)N1CC2CC(n3c(C(F)(F)F)c(-c4ccc(C(=O)Nc5ccccc5)cc4)c4c(N)ncnc43)CC2C1. The van der Waals surface area contributed by atoms with Crippen molar-refractivity contribution in [1.82, 2.24) is 19.4 Å². The number of aromatic nitrogens is 3. The number of carbonyl (C=O) groups excluding carboxylic acids is 2. The first kappa shape index (κ1) is 26.5. The maximum Gasteiger partial charge on any atom is 0.432 e. The number of alkyl halides is 3. The van der Waals surface area contributed by atoms with Gasteiger partial charge in [0.15, 0.2) is 0 Å². The van der Waals surface area contributed by atoms with Crippen molar-refractivity contribution in [3.05, 3.63) is 84.8 Å². The Kier molecular flexibility index (Phi) is 6.51. The van der Waals surface area contributed by atoms with Crippen LogP contribution in [0, 0.1) is 11.8 Å². The first-order chi connectivity index (χ1) is 19.7. The molecule has 8 nitrogen and oxygen atoms in total. The van der Waals surface area contributed by atoms with Crippen molar-refractivity contribution in [3.63, 3.8) is 0 Å². The second kappa shape index (κ2) is 10.1. The van der Waals surface area contributed by atoms with Crippen molar-refractivity contribution >= 4 is 34.4 Å². The summed E-state index contributed by atoms with van der Waals surface area (Å²) in [7, 11) is 0. The lowest BCUT2D eigenvalue weighted by Crippen LogP contribution is -2.28. The van der Waals surface area contributed by atoms with E-state index in [4.69, 9.17) is 5.73 Å². The second-order valence-electron chi connectivity index (χ2n) is 10.5. The number of nitrogens with zero attached hydrogens (tertiary/aromatic N) is 4. The van der Waals surface area contributed by atoms with Crippen molar-refractivity contribution in [2.75, 3.05) is 24.1 Å². The Hall–Kier alpha value is -4.67. The van der Waals surface area contributed by atoms with Gasteiger partial charge in [-0.05, 0) is 60.6 Å². The first-order valence-electron chi connectivity index (χ1n) is 13.3. The highest BCUT2D eigenvalue weighted by Crippen LogP contribution is 2.51. The largest absolute Gasteiger partial charge is 0.432 e. The van der Waals surface area contributed by atoms with Gasteiger partial charge < -0.3 is 20.5 Å². The van der Waals surface area contributed by atoms with E-state index in [0.29, 0.717) is 37.2 Å². The van der Waals surface area contributed by atoms with Crippen LogP contribution in [-0.2, 0) is 11.0 Å². The van der Waals surface area contributed by atoms with Crippen molar-refractivity contribution in [2.24, 2.45) is 11.8 Å². The lowest BCUT2D eigenvalue weighted by atomic mass is 10.0. The predicted molar refractivity (Wildman–Crippen MR) is 149 cm³/mol. The highest BCUT2D eigenvalue weighted by molar-refractivity contribution is 6.06. The summed E-state index contributed by atoms with van der Waals surface area (Å²) >= 11 is 0. The topological polar surface area (TPSA) is 106 Å². The summed E-state index contributed by atoms with van der Waals surface area (Å²) in [5.41, 5.74) is 6.51. The van der Waals surface area contributed by atoms with Crippen LogP contribution in [0.5, 0.6) is 0 Å². The molecule has 2 aliphatic rings.